The smallest absolute Gasteiger partial charge is 0.0326 e. The average molecular weight is 226 g/mol. The normalized spacial score (nSPS) is 21.2. The predicted molar refractivity (Wildman–Crippen MR) is 71.4 cm³/mol. The Morgan fingerprint density at radius 1 is 1.06 bits per heavy atom. The van der Waals surface area contributed by atoms with E-state index in [9.17, 15) is 0 Å². The van der Waals surface area contributed by atoms with Gasteiger partial charge in [-0.15, -0.1) is 0 Å². The van der Waals surface area contributed by atoms with Gasteiger partial charge >= 0.3 is 0 Å². The number of nitrogens with one attached hydrogen (secondary N) is 1. The third-order valence-corrected chi connectivity index (χ3v) is 3.87. The van der Waals surface area contributed by atoms with E-state index >= 15 is 0 Å². The first-order valence-electron chi connectivity index (χ1n) is 7.24. The van der Waals surface area contributed by atoms with Crippen LogP contribution in [0.3, 0.4) is 0 Å². The molecule has 0 aliphatic carbocycles. The Kier molecular flexibility index (Phi) is 6.37. The lowest BCUT2D eigenvalue weighted by Crippen LogP contribution is -2.50. The Morgan fingerprint density at radius 2 is 1.88 bits per heavy atom. The van der Waals surface area contributed by atoms with Crippen molar-refractivity contribution in [1.29, 1.82) is 0 Å². The van der Waals surface area contributed by atoms with E-state index in [4.69, 9.17) is 0 Å². The zero-order valence-corrected chi connectivity index (χ0v) is 11.5. The average Bonchev–Trinajstić information content (AvgIpc) is 2.79. The lowest BCUT2D eigenvalue weighted by molar-refractivity contribution is 0.0630. The van der Waals surface area contributed by atoms with Crippen molar-refractivity contribution in [3.05, 3.63) is 0 Å². The third-order valence-electron chi connectivity index (χ3n) is 3.87. The van der Waals surface area contributed by atoms with Crippen molar-refractivity contribution in [2.24, 2.45) is 0 Å². The molecule has 0 aromatic carbocycles. The molecule has 1 fully saturated rings. The van der Waals surface area contributed by atoms with Crippen LogP contribution in [0.5, 0.6) is 0 Å². The standard InChI is InChI=1S/C14H30N2/c1-4-6-7-8-11-14(3,10-5-2)16-13-9-12-15-16/h15H,4-13H2,1-3H3. The van der Waals surface area contributed by atoms with Crippen molar-refractivity contribution < 1.29 is 0 Å². The molecule has 2 nitrogen and oxygen atoms in total. The highest BCUT2D eigenvalue weighted by Crippen LogP contribution is 2.28. The van der Waals surface area contributed by atoms with Crippen LogP contribution in [-0.4, -0.2) is 23.6 Å². The molecule has 1 atom stereocenters. The lowest BCUT2D eigenvalue weighted by atomic mass is 9.88. The van der Waals surface area contributed by atoms with Crippen molar-refractivity contribution in [3.63, 3.8) is 0 Å². The van der Waals surface area contributed by atoms with Crippen molar-refractivity contribution in [3.8, 4) is 0 Å². The summed E-state index contributed by atoms with van der Waals surface area (Å²) in [7, 11) is 0. The Labute approximate surface area is 102 Å². The van der Waals surface area contributed by atoms with Gasteiger partial charge in [0, 0.05) is 18.6 Å². The molecular weight excluding hydrogens is 196 g/mol. The van der Waals surface area contributed by atoms with Crippen molar-refractivity contribution in [1.82, 2.24) is 10.4 Å². The van der Waals surface area contributed by atoms with Crippen molar-refractivity contribution in [2.75, 3.05) is 13.1 Å². The van der Waals surface area contributed by atoms with Gasteiger partial charge in [-0.3, -0.25) is 5.43 Å². The van der Waals surface area contributed by atoms with Gasteiger partial charge in [0.15, 0.2) is 0 Å². The number of rotatable bonds is 8. The van der Waals surface area contributed by atoms with Crippen LogP contribution >= 0.6 is 0 Å². The monoisotopic (exact) mass is 226 g/mol. The number of unbranched alkanes of at least 4 members (excludes halogenated alkanes) is 3. The van der Waals surface area contributed by atoms with Crippen molar-refractivity contribution in [2.45, 2.75) is 77.7 Å². The first kappa shape index (κ1) is 14.0. The van der Waals surface area contributed by atoms with Gasteiger partial charge in [-0.05, 0) is 26.2 Å². The molecule has 0 aromatic rings. The molecule has 0 radical (unpaired) electrons. The van der Waals surface area contributed by atoms with Gasteiger partial charge < -0.3 is 0 Å². The number of nitrogens with zero attached hydrogens (tertiary/aromatic N) is 1. The molecule has 2 heteroatoms. The number of hydrogen-bond acceptors (Lipinski definition) is 2. The molecule has 1 saturated heterocycles. The van der Waals surface area contributed by atoms with Crippen LogP contribution < -0.4 is 5.43 Å². The fraction of sp³-hybridized carbons (Fsp3) is 1.00. The van der Waals surface area contributed by atoms with E-state index in [1.165, 1.54) is 64.5 Å². The molecule has 96 valence electrons. The number of hydrazine groups is 1. The first-order chi connectivity index (χ1) is 7.73. The fourth-order valence-corrected chi connectivity index (χ4v) is 2.86. The number of hydrogen-bond donors (Lipinski definition) is 1. The second-order valence-electron chi connectivity index (χ2n) is 5.47. The van der Waals surface area contributed by atoms with E-state index in [0.29, 0.717) is 5.54 Å². The summed E-state index contributed by atoms with van der Waals surface area (Å²) in [6.07, 6.45) is 10.8. The molecule has 1 heterocycles. The summed E-state index contributed by atoms with van der Waals surface area (Å²) in [6.45, 7) is 9.45. The molecule has 1 aliphatic rings. The molecule has 1 unspecified atom stereocenters. The van der Waals surface area contributed by atoms with E-state index in [1.807, 2.05) is 0 Å². The lowest BCUT2D eigenvalue weighted by Gasteiger charge is -2.39. The maximum absolute atomic E-state index is 3.56. The summed E-state index contributed by atoms with van der Waals surface area (Å²) in [5.41, 5.74) is 3.96. The largest absolute Gasteiger partial charge is 0.255 e. The molecule has 0 aromatic heterocycles. The highest BCUT2D eigenvalue weighted by molar-refractivity contribution is 4.86. The molecule has 1 N–H and O–H groups in total. The third kappa shape index (κ3) is 4.06. The van der Waals surface area contributed by atoms with Gasteiger partial charge in [0.05, 0.1) is 0 Å². The van der Waals surface area contributed by atoms with Crippen LogP contribution in [0, 0.1) is 0 Å². The van der Waals surface area contributed by atoms with Gasteiger partial charge in [-0.1, -0.05) is 46.0 Å². The van der Waals surface area contributed by atoms with Crippen LogP contribution in [0.2, 0.25) is 0 Å². The summed E-state index contributed by atoms with van der Waals surface area (Å²) in [6, 6.07) is 0. The second kappa shape index (κ2) is 7.29. The van der Waals surface area contributed by atoms with E-state index in [-0.39, 0.29) is 0 Å². The molecule has 16 heavy (non-hydrogen) atoms. The van der Waals surface area contributed by atoms with Crippen molar-refractivity contribution >= 4 is 0 Å². The van der Waals surface area contributed by atoms with Gasteiger partial charge in [-0.25, -0.2) is 5.01 Å². The first-order valence-corrected chi connectivity index (χ1v) is 7.24. The molecule has 0 amide bonds. The molecular formula is C14H30N2. The van der Waals surface area contributed by atoms with Crippen LogP contribution in [0.1, 0.15) is 72.1 Å². The molecule has 0 saturated carbocycles. The van der Waals surface area contributed by atoms with E-state index in [2.05, 4.69) is 31.2 Å². The van der Waals surface area contributed by atoms with E-state index in [1.54, 1.807) is 0 Å². The highest BCUT2D eigenvalue weighted by atomic mass is 15.6. The second-order valence-corrected chi connectivity index (χ2v) is 5.47. The fourth-order valence-electron chi connectivity index (χ4n) is 2.86. The summed E-state index contributed by atoms with van der Waals surface area (Å²) < 4.78 is 0. The summed E-state index contributed by atoms with van der Waals surface area (Å²) in [4.78, 5) is 0. The van der Waals surface area contributed by atoms with E-state index in [0.717, 1.165) is 0 Å². The molecule has 0 spiro atoms. The summed E-state index contributed by atoms with van der Waals surface area (Å²) in [5.74, 6) is 0. The minimum absolute atomic E-state index is 0.402. The Balaban J connectivity index is 2.37. The van der Waals surface area contributed by atoms with Gasteiger partial charge in [0.1, 0.15) is 0 Å². The van der Waals surface area contributed by atoms with Gasteiger partial charge in [0.25, 0.3) is 0 Å². The maximum atomic E-state index is 3.56. The van der Waals surface area contributed by atoms with Gasteiger partial charge in [-0.2, -0.15) is 0 Å². The minimum Gasteiger partial charge on any atom is -0.255 e. The van der Waals surface area contributed by atoms with Gasteiger partial charge in [0.2, 0.25) is 0 Å². The minimum atomic E-state index is 0.402. The highest BCUT2D eigenvalue weighted by Gasteiger charge is 2.32. The molecule has 1 rings (SSSR count). The topological polar surface area (TPSA) is 15.3 Å². The summed E-state index contributed by atoms with van der Waals surface area (Å²) in [5, 5.41) is 2.52. The van der Waals surface area contributed by atoms with Crippen LogP contribution in [-0.2, 0) is 0 Å². The SMILES string of the molecule is CCCCCCC(C)(CCC)N1CCCN1. The Bertz CT molecular complexity index is 176. The Hall–Kier alpha value is -0.0800. The predicted octanol–water partition coefficient (Wildman–Crippen LogP) is 3.73. The zero-order valence-electron chi connectivity index (χ0n) is 11.5. The van der Waals surface area contributed by atoms with Crippen LogP contribution in [0.15, 0.2) is 0 Å². The molecule has 1 aliphatic heterocycles. The van der Waals surface area contributed by atoms with Crippen LogP contribution in [0.4, 0.5) is 0 Å². The molecule has 0 bridgehead atoms. The Morgan fingerprint density at radius 3 is 2.44 bits per heavy atom. The quantitative estimate of drug-likeness (QED) is 0.634. The zero-order chi connectivity index (χ0) is 11.9. The van der Waals surface area contributed by atoms with Crippen LogP contribution in [0.25, 0.3) is 0 Å². The summed E-state index contributed by atoms with van der Waals surface area (Å²) >= 11 is 0. The van der Waals surface area contributed by atoms with E-state index < -0.39 is 0 Å². The maximum Gasteiger partial charge on any atom is 0.0326 e.